The lowest BCUT2D eigenvalue weighted by atomic mass is 10.2. The zero-order valence-corrected chi connectivity index (χ0v) is 8.65. The maximum Gasteiger partial charge on any atom is 0.607 e. The van der Waals surface area contributed by atoms with Gasteiger partial charge >= 0.3 is 6.87 Å². The molecule has 1 aromatic rings. The van der Waals surface area contributed by atoms with Gasteiger partial charge < -0.3 is 0 Å². The van der Waals surface area contributed by atoms with Crippen LogP contribution in [-0.2, 0) is 15.7 Å². The number of hydrogen-bond donors (Lipinski definition) is 0. The average molecular weight is 236 g/mol. The van der Waals surface area contributed by atoms with Crippen molar-refractivity contribution < 1.29 is 13.8 Å². The molecule has 0 fully saturated rings. The van der Waals surface area contributed by atoms with Crippen molar-refractivity contribution in [2.45, 2.75) is 6.61 Å². The van der Waals surface area contributed by atoms with E-state index >= 15 is 0 Å². The van der Waals surface area contributed by atoms with E-state index in [4.69, 9.17) is 11.2 Å². The molecule has 0 aliphatic heterocycles. The second-order valence-corrected chi connectivity index (χ2v) is 5.22. The first-order valence-corrected chi connectivity index (χ1v) is 6.13. The van der Waals surface area contributed by atoms with Gasteiger partial charge in [0.05, 0.1) is 17.8 Å². The molecular weight excluding hydrogens is 229 g/mol. The highest BCUT2D eigenvalue weighted by molar-refractivity contribution is 7.80. The Hall–Kier alpha value is -0.900. The van der Waals surface area contributed by atoms with E-state index < -0.39 is 11.6 Å². The van der Waals surface area contributed by atoms with Crippen molar-refractivity contribution in [2.24, 2.45) is 0 Å². The normalized spacial score (nSPS) is 14.6. The molecule has 5 nitrogen and oxygen atoms in total. The highest BCUT2D eigenvalue weighted by Gasteiger charge is 2.35. The van der Waals surface area contributed by atoms with Crippen LogP contribution in [0, 0.1) is 10.1 Å². The molecular formula is C7H7ClNO4P. The SMILES string of the molecule is O=[N+]([O-])P(=O)(Cl)OCc1ccccc1. The van der Waals surface area contributed by atoms with Gasteiger partial charge in [0.1, 0.15) is 4.69 Å². The maximum absolute atomic E-state index is 10.9. The van der Waals surface area contributed by atoms with Crippen molar-refractivity contribution in [1.29, 1.82) is 0 Å². The number of halogens is 1. The Labute approximate surface area is 85.1 Å². The standard InChI is InChI=1S/C7H7ClNO4P/c8-14(12,9(10)11)13-6-7-4-2-1-3-5-7/h1-5H,6H2. The van der Waals surface area contributed by atoms with Crippen LogP contribution in [0.1, 0.15) is 5.56 Å². The van der Waals surface area contributed by atoms with E-state index in [2.05, 4.69) is 4.52 Å². The van der Waals surface area contributed by atoms with E-state index in [-0.39, 0.29) is 6.61 Å². The zero-order valence-electron chi connectivity index (χ0n) is 7.00. The maximum atomic E-state index is 10.9. The van der Waals surface area contributed by atoms with E-state index in [9.17, 15) is 14.7 Å². The van der Waals surface area contributed by atoms with Crippen molar-refractivity contribution in [3.63, 3.8) is 0 Å². The van der Waals surface area contributed by atoms with Gasteiger partial charge in [-0.05, 0) is 5.56 Å². The Morgan fingerprint density at radius 2 is 2.00 bits per heavy atom. The smallest absolute Gasteiger partial charge is 0.258 e. The second-order valence-electron chi connectivity index (χ2n) is 2.45. The third-order valence-corrected chi connectivity index (χ3v) is 2.93. The molecule has 1 aromatic carbocycles. The lowest BCUT2D eigenvalue weighted by Crippen LogP contribution is -1.95. The third-order valence-electron chi connectivity index (χ3n) is 1.43. The molecule has 7 heteroatoms. The van der Waals surface area contributed by atoms with Crippen molar-refractivity contribution >= 4 is 18.1 Å². The van der Waals surface area contributed by atoms with Crippen molar-refractivity contribution in [1.82, 2.24) is 0 Å². The lowest BCUT2D eigenvalue weighted by Gasteiger charge is -2.02. The Morgan fingerprint density at radius 3 is 2.50 bits per heavy atom. The molecule has 0 amide bonds. The van der Waals surface area contributed by atoms with E-state index in [0.29, 0.717) is 5.56 Å². The van der Waals surface area contributed by atoms with E-state index in [1.165, 1.54) is 0 Å². The summed E-state index contributed by atoms with van der Waals surface area (Å²) in [5, 5.41) is 10.1. The Kier molecular flexibility index (Phi) is 3.63. The Balaban J connectivity index is 2.58. The van der Waals surface area contributed by atoms with Crippen LogP contribution in [0.2, 0.25) is 0 Å². The molecule has 0 N–H and O–H groups in total. The summed E-state index contributed by atoms with van der Waals surface area (Å²) in [7, 11) is 0. The van der Waals surface area contributed by atoms with Gasteiger partial charge in [0.25, 0.3) is 0 Å². The molecule has 0 spiro atoms. The fourth-order valence-corrected chi connectivity index (χ4v) is 1.32. The zero-order chi connectivity index (χ0) is 10.6. The minimum Gasteiger partial charge on any atom is -0.258 e. The summed E-state index contributed by atoms with van der Waals surface area (Å²) in [6.07, 6.45) is 0. The molecule has 0 bridgehead atoms. The second kappa shape index (κ2) is 4.55. The predicted molar refractivity (Wildman–Crippen MR) is 51.7 cm³/mol. The molecule has 14 heavy (non-hydrogen) atoms. The highest BCUT2D eigenvalue weighted by Crippen LogP contribution is 2.52. The summed E-state index contributed by atoms with van der Waals surface area (Å²) in [6, 6.07) is 8.65. The molecule has 0 aliphatic rings. The Bertz CT molecular complexity index is 369. The van der Waals surface area contributed by atoms with Gasteiger partial charge in [0.2, 0.25) is 0 Å². The molecule has 0 saturated heterocycles. The highest BCUT2D eigenvalue weighted by atomic mass is 35.7. The first kappa shape index (κ1) is 11.2. The van der Waals surface area contributed by atoms with Crippen LogP contribution < -0.4 is 0 Å². The van der Waals surface area contributed by atoms with E-state index in [1.54, 1.807) is 30.3 Å². The summed E-state index contributed by atoms with van der Waals surface area (Å²) in [4.78, 5) is 10.1. The third kappa shape index (κ3) is 3.10. The predicted octanol–water partition coefficient (Wildman–Crippen LogP) is 2.83. The number of nitro groups is 1. The van der Waals surface area contributed by atoms with Crippen LogP contribution in [0.3, 0.4) is 0 Å². The fraction of sp³-hybridized carbons (Fsp3) is 0.143. The van der Waals surface area contributed by atoms with Crippen LogP contribution in [0.25, 0.3) is 0 Å². The summed E-state index contributed by atoms with van der Waals surface area (Å²) in [5.74, 6) is 0. The number of rotatable bonds is 4. The van der Waals surface area contributed by atoms with Gasteiger partial charge in [0.15, 0.2) is 0 Å². The molecule has 76 valence electrons. The molecule has 1 rings (SSSR count). The molecule has 0 heterocycles. The van der Waals surface area contributed by atoms with Gasteiger partial charge in [-0.1, -0.05) is 30.3 Å². The first-order valence-electron chi connectivity index (χ1n) is 3.65. The van der Waals surface area contributed by atoms with Crippen molar-refractivity contribution in [2.75, 3.05) is 0 Å². The lowest BCUT2D eigenvalue weighted by molar-refractivity contribution is -0.324. The minimum atomic E-state index is -4.24. The van der Waals surface area contributed by atoms with Crippen LogP contribution in [-0.4, -0.2) is 4.69 Å². The van der Waals surface area contributed by atoms with Crippen molar-refractivity contribution in [3.05, 3.63) is 46.0 Å². The van der Waals surface area contributed by atoms with Crippen LogP contribution in [0.5, 0.6) is 0 Å². The molecule has 0 aromatic heterocycles. The summed E-state index contributed by atoms with van der Waals surface area (Å²) < 4.78 is 14.3. The van der Waals surface area contributed by atoms with Gasteiger partial charge in [0, 0.05) is 0 Å². The van der Waals surface area contributed by atoms with E-state index in [1.807, 2.05) is 0 Å². The van der Waals surface area contributed by atoms with Crippen LogP contribution >= 0.6 is 18.1 Å². The van der Waals surface area contributed by atoms with E-state index in [0.717, 1.165) is 0 Å². The van der Waals surface area contributed by atoms with Crippen molar-refractivity contribution in [3.8, 4) is 0 Å². The Morgan fingerprint density at radius 1 is 1.43 bits per heavy atom. The molecule has 0 saturated carbocycles. The number of hydrogen-bond acceptors (Lipinski definition) is 4. The summed E-state index contributed by atoms with van der Waals surface area (Å²) >= 11 is 5.06. The summed E-state index contributed by atoms with van der Waals surface area (Å²) in [6.45, 7) is -4.37. The number of benzene rings is 1. The molecule has 1 atom stereocenters. The van der Waals surface area contributed by atoms with Gasteiger partial charge in [-0.2, -0.15) is 4.57 Å². The first-order chi connectivity index (χ1) is 6.52. The largest absolute Gasteiger partial charge is 0.607 e. The van der Waals surface area contributed by atoms with Crippen LogP contribution in [0.4, 0.5) is 0 Å². The minimum absolute atomic E-state index is 0.136. The van der Waals surface area contributed by atoms with Crippen LogP contribution in [0.15, 0.2) is 30.3 Å². The quantitative estimate of drug-likeness (QED) is 0.457. The molecule has 1 unspecified atom stereocenters. The number of nitrogens with zero attached hydrogens (tertiary/aromatic N) is 1. The van der Waals surface area contributed by atoms with Gasteiger partial charge in [-0.15, -0.1) is 0 Å². The fourth-order valence-electron chi connectivity index (χ4n) is 0.776. The topological polar surface area (TPSA) is 69.4 Å². The van der Waals surface area contributed by atoms with Gasteiger partial charge in [-0.3, -0.25) is 14.6 Å². The average Bonchev–Trinajstić information content (AvgIpc) is 2.16. The molecule has 0 radical (unpaired) electrons. The molecule has 0 aliphatic carbocycles. The monoisotopic (exact) mass is 235 g/mol. The summed E-state index contributed by atoms with van der Waals surface area (Å²) in [5.41, 5.74) is 0.676. The van der Waals surface area contributed by atoms with Gasteiger partial charge in [-0.25, -0.2) is 0 Å².